The van der Waals surface area contributed by atoms with Crippen molar-refractivity contribution < 1.29 is 9.47 Å². The Labute approximate surface area is 126 Å². The van der Waals surface area contributed by atoms with Crippen LogP contribution in [-0.2, 0) is 9.47 Å². The molecule has 0 aliphatic rings. The second-order valence-electron chi connectivity index (χ2n) is 5.42. The van der Waals surface area contributed by atoms with E-state index in [-0.39, 0.29) is 0 Å². The third-order valence-electron chi connectivity index (χ3n) is 3.42. The Morgan fingerprint density at radius 3 is 1.75 bits per heavy atom. The lowest BCUT2D eigenvalue weighted by molar-refractivity contribution is -0.0555. The van der Waals surface area contributed by atoms with E-state index in [1.807, 2.05) is 0 Å². The van der Waals surface area contributed by atoms with Crippen LogP contribution in [0.15, 0.2) is 0 Å². The zero-order chi connectivity index (χ0) is 14.7. The Morgan fingerprint density at radius 1 is 0.700 bits per heavy atom. The SMILES string of the molecule is C#CCCCCCOCOCCCCCCCCCC. The number of rotatable bonds is 16. The van der Waals surface area contributed by atoms with Crippen LogP contribution < -0.4 is 0 Å². The molecule has 0 heterocycles. The van der Waals surface area contributed by atoms with Crippen LogP contribution in [0.25, 0.3) is 0 Å². The molecule has 2 heteroatoms. The summed E-state index contributed by atoms with van der Waals surface area (Å²) < 4.78 is 10.9. The Balaban J connectivity index is 2.91. The van der Waals surface area contributed by atoms with Crippen LogP contribution in [0.2, 0.25) is 0 Å². The van der Waals surface area contributed by atoms with Crippen molar-refractivity contribution in [3.8, 4) is 12.3 Å². The van der Waals surface area contributed by atoms with E-state index in [0.717, 1.165) is 38.9 Å². The highest BCUT2D eigenvalue weighted by Gasteiger charge is 1.93. The predicted molar refractivity (Wildman–Crippen MR) is 86.7 cm³/mol. The molecule has 0 saturated carbocycles. The van der Waals surface area contributed by atoms with Crippen LogP contribution in [0.5, 0.6) is 0 Å². The van der Waals surface area contributed by atoms with Gasteiger partial charge in [0.05, 0.1) is 0 Å². The minimum absolute atomic E-state index is 0.450. The predicted octanol–water partition coefficient (Wildman–Crippen LogP) is 5.31. The Bertz CT molecular complexity index is 208. The summed E-state index contributed by atoms with van der Waals surface area (Å²) in [7, 11) is 0. The lowest BCUT2D eigenvalue weighted by atomic mass is 10.1. The summed E-state index contributed by atoms with van der Waals surface area (Å²) in [6.45, 7) is 4.34. The molecule has 0 aromatic heterocycles. The molecule has 2 nitrogen and oxygen atoms in total. The van der Waals surface area contributed by atoms with Gasteiger partial charge in [0, 0.05) is 19.6 Å². The zero-order valence-electron chi connectivity index (χ0n) is 13.5. The van der Waals surface area contributed by atoms with E-state index >= 15 is 0 Å². The normalized spacial score (nSPS) is 10.6. The van der Waals surface area contributed by atoms with Crippen LogP contribution in [0, 0.1) is 12.3 Å². The fraction of sp³-hybridized carbons (Fsp3) is 0.889. The summed E-state index contributed by atoms with van der Waals surface area (Å²) in [5, 5.41) is 0. The Kier molecular flexibility index (Phi) is 18.0. The minimum atomic E-state index is 0.450. The monoisotopic (exact) mass is 282 g/mol. The molecule has 0 N–H and O–H groups in total. The third kappa shape index (κ3) is 17.5. The van der Waals surface area contributed by atoms with Crippen LogP contribution in [0.4, 0.5) is 0 Å². The van der Waals surface area contributed by atoms with Crippen LogP contribution in [0.3, 0.4) is 0 Å². The molecule has 118 valence electrons. The van der Waals surface area contributed by atoms with Crippen molar-refractivity contribution in [1.82, 2.24) is 0 Å². The molecule has 0 radical (unpaired) electrons. The van der Waals surface area contributed by atoms with Gasteiger partial charge < -0.3 is 9.47 Å². The maximum atomic E-state index is 5.45. The fourth-order valence-corrected chi connectivity index (χ4v) is 2.12. The van der Waals surface area contributed by atoms with E-state index in [0.29, 0.717) is 6.79 Å². The molecule has 20 heavy (non-hydrogen) atoms. The van der Waals surface area contributed by atoms with E-state index in [9.17, 15) is 0 Å². The summed E-state index contributed by atoms with van der Waals surface area (Å²) in [6, 6.07) is 0. The second-order valence-corrected chi connectivity index (χ2v) is 5.42. The highest BCUT2D eigenvalue weighted by atomic mass is 16.7. The van der Waals surface area contributed by atoms with Crippen molar-refractivity contribution in [3.05, 3.63) is 0 Å². The van der Waals surface area contributed by atoms with Crippen molar-refractivity contribution >= 4 is 0 Å². The third-order valence-corrected chi connectivity index (χ3v) is 3.42. The van der Waals surface area contributed by atoms with Gasteiger partial charge >= 0.3 is 0 Å². The first kappa shape index (κ1) is 19.5. The van der Waals surface area contributed by atoms with Gasteiger partial charge in [-0.25, -0.2) is 0 Å². The summed E-state index contributed by atoms with van der Waals surface area (Å²) in [5.41, 5.74) is 0. The van der Waals surface area contributed by atoms with Crippen LogP contribution in [-0.4, -0.2) is 20.0 Å². The lowest BCUT2D eigenvalue weighted by Crippen LogP contribution is -2.03. The topological polar surface area (TPSA) is 18.5 Å². The highest BCUT2D eigenvalue weighted by molar-refractivity contribution is 4.82. The van der Waals surface area contributed by atoms with Gasteiger partial charge in [0.1, 0.15) is 6.79 Å². The molecule has 0 fully saturated rings. The molecule has 0 unspecified atom stereocenters. The molecule has 0 aliphatic carbocycles. The molecular weight excluding hydrogens is 248 g/mol. The molecule has 0 aromatic rings. The molecule has 0 bridgehead atoms. The van der Waals surface area contributed by atoms with Crippen molar-refractivity contribution in [2.75, 3.05) is 20.0 Å². The molecule has 0 amide bonds. The lowest BCUT2D eigenvalue weighted by Gasteiger charge is -2.05. The second kappa shape index (κ2) is 18.5. The molecule has 0 saturated heterocycles. The maximum absolute atomic E-state index is 5.45. The molecule has 0 aliphatic heterocycles. The smallest absolute Gasteiger partial charge is 0.146 e. The fourth-order valence-electron chi connectivity index (χ4n) is 2.12. The highest BCUT2D eigenvalue weighted by Crippen LogP contribution is 2.08. The van der Waals surface area contributed by atoms with Crippen molar-refractivity contribution in [2.24, 2.45) is 0 Å². The summed E-state index contributed by atoms with van der Waals surface area (Å²) in [4.78, 5) is 0. The van der Waals surface area contributed by atoms with Crippen molar-refractivity contribution in [2.45, 2.75) is 84.0 Å². The molecule has 0 atom stereocenters. The van der Waals surface area contributed by atoms with Gasteiger partial charge in [-0.2, -0.15) is 0 Å². The molecule has 0 aromatic carbocycles. The standard InChI is InChI=1S/C18H34O2/c1-3-5-7-9-10-11-13-15-17-20-18-19-16-14-12-8-6-4-2/h2H,3,5-18H2,1H3. The first-order chi connectivity index (χ1) is 9.91. The van der Waals surface area contributed by atoms with E-state index in [1.54, 1.807) is 0 Å². The van der Waals surface area contributed by atoms with E-state index in [1.165, 1.54) is 51.4 Å². The minimum Gasteiger partial charge on any atom is -0.355 e. The first-order valence-electron chi connectivity index (χ1n) is 8.50. The average molecular weight is 282 g/mol. The van der Waals surface area contributed by atoms with Crippen LogP contribution >= 0.6 is 0 Å². The van der Waals surface area contributed by atoms with E-state index in [4.69, 9.17) is 15.9 Å². The van der Waals surface area contributed by atoms with Gasteiger partial charge in [-0.05, 0) is 19.3 Å². The van der Waals surface area contributed by atoms with Crippen molar-refractivity contribution in [1.29, 1.82) is 0 Å². The van der Waals surface area contributed by atoms with E-state index in [2.05, 4.69) is 12.8 Å². The largest absolute Gasteiger partial charge is 0.355 e. The van der Waals surface area contributed by atoms with Crippen molar-refractivity contribution in [3.63, 3.8) is 0 Å². The van der Waals surface area contributed by atoms with Gasteiger partial charge in [-0.3, -0.25) is 0 Å². The van der Waals surface area contributed by atoms with Gasteiger partial charge in [-0.1, -0.05) is 58.3 Å². The summed E-state index contributed by atoms with van der Waals surface area (Å²) >= 11 is 0. The Morgan fingerprint density at radius 2 is 1.20 bits per heavy atom. The summed E-state index contributed by atoms with van der Waals surface area (Å²) in [6.07, 6.45) is 20.1. The molecule has 0 rings (SSSR count). The number of hydrogen-bond acceptors (Lipinski definition) is 2. The quantitative estimate of drug-likeness (QED) is 0.217. The number of terminal acetylenes is 1. The number of unbranched alkanes of at least 4 members (excludes halogenated alkanes) is 10. The van der Waals surface area contributed by atoms with Gasteiger partial charge in [0.15, 0.2) is 0 Å². The van der Waals surface area contributed by atoms with E-state index < -0.39 is 0 Å². The summed E-state index contributed by atoms with van der Waals surface area (Å²) in [5.74, 6) is 2.65. The average Bonchev–Trinajstić information content (AvgIpc) is 2.47. The van der Waals surface area contributed by atoms with Gasteiger partial charge in [0.2, 0.25) is 0 Å². The van der Waals surface area contributed by atoms with Gasteiger partial charge in [-0.15, -0.1) is 12.3 Å². The van der Waals surface area contributed by atoms with Gasteiger partial charge in [0.25, 0.3) is 0 Å². The number of hydrogen-bond donors (Lipinski definition) is 0. The number of ether oxygens (including phenoxy) is 2. The Hall–Kier alpha value is -0.520. The van der Waals surface area contributed by atoms with Crippen LogP contribution in [0.1, 0.15) is 84.0 Å². The molecule has 0 spiro atoms. The maximum Gasteiger partial charge on any atom is 0.146 e. The zero-order valence-corrected chi connectivity index (χ0v) is 13.5. The first-order valence-corrected chi connectivity index (χ1v) is 8.50. The molecular formula is C18H34O2.